The summed E-state index contributed by atoms with van der Waals surface area (Å²) in [5.41, 5.74) is 0. The number of sulfonamides is 1. The Morgan fingerprint density at radius 1 is 1.05 bits per heavy atom. The molecular weight excluding hydrogens is 314 g/mol. The lowest BCUT2D eigenvalue weighted by Gasteiger charge is -2.30. The van der Waals surface area contributed by atoms with Gasteiger partial charge in [0.05, 0.1) is 0 Å². The van der Waals surface area contributed by atoms with Crippen LogP contribution in [0.4, 0.5) is 26.3 Å². The van der Waals surface area contributed by atoms with Crippen LogP contribution in [0.15, 0.2) is 0 Å². The second-order valence-electron chi connectivity index (χ2n) is 4.53. The summed E-state index contributed by atoms with van der Waals surface area (Å²) < 4.78 is 101. The van der Waals surface area contributed by atoms with E-state index in [1.165, 1.54) is 4.72 Å². The van der Waals surface area contributed by atoms with Crippen LogP contribution in [-0.2, 0) is 10.0 Å². The van der Waals surface area contributed by atoms with Gasteiger partial charge in [0.25, 0.3) is 10.0 Å². The number of nitrogens with one attached hydrogen (secondary N) is 1. The second-order valence-corrected chi connectivity index (χ2v) is 6.34. The van der Waals surface area contributed by atoms with Gasteiger partial charge >= 0.3 is 17.1 Å². The summed E-state index contributed by atoms with van der Waals surface area (Å²) in [6, 6.07) is 0. The maximum absolute atomic E-state index is 13.2. The molecule has 0 radical (unpaired) electrons. The third-order valence-corrected chi connectivity index (χ3v) is 3.84. The number of alkyl halides is 6. The van der Waals surface area contributed by atoms with Gasteiger partial charge in [0.2, 0.25) is 0 Å². The molecule has 0 aromatic rings. The molecule has 0 unspecified atom stereocenters. The molecule has 0 saturated carbocycles. The van der Waals surface area contributed by atoms with Gasteiger partial charge in [-0.2, -0.15) is 26.3 Å². The highest BCUT2D eigenvalue weighted by atomic mass is 32.2. The second kappa shape index (κ2) is 6.06. The molecule has 0 aliphatic rings. The molecular formula is C9H16F6N2O2S. The molecule has 4 nitrogen and oxygen atoms in total. The van der Waals surface area contributed by atoms with Gasteiger partial charge < -0.3 is 4.90 Å². The lowest BCUT2D eigenvalue weighted by Crippen LogP contribution is -2.59. The highest BCUT2D eigenvalue weighted by molar-refractivity contribution is 7.90. The van der Waals surface area contributed by atoms with Gasteiger partial charge in [0.1, 0.15) is 0 Å². The Hall–Kier alpha value is -0.550. The van der Waals surface area contributed by atoms with Gasteiger partial charge in [-0.05, 0) is 27.1 Å². The quantitative estimate of drug-likeness (QED) is 0.545. The summed E-state index contributed by atoms with van der Waals surface area (Å²) >= 11 is 0. The van der Waals surface area contributed by atoms with Gasteiger partial charge in [-0.1, -0.05) is 0 Å². The molecule has 0 aliphatic carbocycles. The predicted molar refractivity (Wildman–Crippen MR) is 60.6 cm³/mol. The van der Waals surface area contributed by atoms with E-state index >= 15 is 0 Å². The Labute approximate surface area is 113 Å². The third kappa shape index (κ3) is 3.98. The summed E-state index contributed by atoms with van der Waals surface area (Å²) in [5, 5.41) is -5.92. The highest BCUT2D eigenvalue weighted by Crippen LogP contribution is 2.47. The fourth-order valence-electron chi connectivity index (χ4n) is 1.12. The lowest BCUT2D eigenvalue weighted by atomic mass is 10.2. The van der Waals surface area contributed by atoms with E-state index in [2.05, 4.69) is 0 Å². The minimum absolute atomic E-state index is 0.0520. The van der Waals surface area contributed by atoms with E-state index in [4.69, 9.17) is 0 Å². The van der Waals surface area contributed by atoms with E-state index in [0.717, 1.165) is 0 Å². The van der Waals surface area contributed by atoms with Crippen LogP contribution < -0.4 is 4.72 Å². The minimum atomic E-state index is -6.02. The Morgan fingerprint density at radius 3 is 1.85 bits per heavy atom. The van der Waals surface area contributed by atoms with E-state index in [-0.39, 0.29) is 6.42 Å². The van der Waals surface area contributed by atoms with Crippen LogP contribution >= 0.6 is 0 Å². The highest BCUT2D eigenvalue weighted by Gasteiger charge is 2.75. The van der Waals surface area contributed by atoms with E-state index in [0.29, 0.717) is 6.54 Å². The Bertz CT molecular complexity index is 419. The molecule has 0 amide bonds. The largest absolute Gasteiger partial charge is 0.426 e. The summed E-state index contributed by atoms with van der Waals surface area (Å²) in [6.45, 7) is -0.738. The summed E-state index contributed by atoms with van der Waals surface area (Å²) in [6.07, 6.45) is 0.0520. The first-order chi connectivity index (χ1) is 8.67. The van der Waals surface area contributed by atoms with Gasteiger partial charge in [-0.25, -0.2) is 13.1 Å². The van der Waals surface area contributed by atoms with Crippen LogP contribution in [0.3, 0.4) is 0 Å². The van der Waals surface area contributed by atoms with Crippen molar-refractivity contribution >= 4 is 10.0 Å². The zero-order valence-electron chi connectivity index (χ0n) is 11.1. The average Bonchev–Trinajstić information content (AvgIpc) is 2.22. The normalized spacial score (nSPS) is 14.9. The standard InChI is InChI=1S/C9H16F6N2O2S/c1-7(10,11)8(12,13)9(14,15)20(18,19)16-5-4-6-17(2)3/h16H,4-6H2,1-3H3. The van der Waals surface area contributed by atoms with E-state index in [9.17, 15) is 34.8 Å². The fourth-order valence-corrected chi connectivity index (χ4v) is 2.23. The molecule has 0 aliphatic heterocycles. The zero-order valence-corrected chi connectivity index (χ0v) is 11.9. The molecule has 1 N–H and O–H groups in total. The number of hydrogen-bond acceptors (Lipinski definition) is 3. The SMILES string of the molecule is CN(C)CCCNS(=O)(=O)C(F)(F)C(F)(F)C(C)(F)F. The molecule has 20 heavy (non-hydrogen) atoms. The van der Waals surface area contributed by atoms with Gasteiger partial charge in [0, 0.05) is 13.5 Å². The predicted octanol–water partition coefficient (Wildman–Crippen LogP) is 1.74. The Kier molecular flexibility index (Phi) is 5.89. The number of rotatable bonds is 8. The maximum atomic E-state index is 13.2. The van der Waals surface area contributed by atoms with Crippen LogP contribution in [-0.4, -0.2) is 57.6 Å². The van der Waals surface area contributed by atoms with Gasteiger partial charge in [0.15, 0.2) is 0 Å². The molecule has 0 bridgehead atoms. The van der Waals surface area contributed by atoms with E-state index in [1.54, 1.807) is 19.0 Å². The first-order valence-electron chi connectivity index (χ1n) is 5.44. The van der Waals surface area contributed by atoms with Crippen LogP contribution in [0.5, 0.6) is 0 Å². The maximum Gasteiger partial charge on any atom is 0.426 e. The third-order valence-electron chi connectivity index (χ3n) is 2.33. The lowest BCUT2D eigenvalue weighted by molar-refractivity contribution is -0.271. The van der Waals surface area contributed by atoms with Crippen molar-refractivity contribution in [1.82, 2.24) is 9.62 Å². The average molecular weight is 330 g/mol. The molecule has 0 aromatic heterocycles. The van der Waals surface area contributed by atoms with Gasteiger partial charge in [-0.15, -0.1) is 0 Å². The van der Waals surface area contributed by atoms with Gasteiger partial charge in [-0.3, -0.25) is 0 Å². The van der Waals surface area contributed by atoms with Crippen LogP contribution in [0.2, 0.25) is 0 Å². The number of nitrogens with zero attached hydrogens (tertiary/aromatic N) is 1. The fraction of sp³-hybridized carbons (Fsp3) is 1.00. The molecule has 11 heteroatoms. The van der Waals surface area contributed by atoms with Crippen molar-refractivity contribution in [2.24, 2.45) is 0 Å². The smallest absolute Gasteiger partial charge is 0.309 e. The zero-order chi connectivity index (χ0) is 16.4. The molecule has 0 saturated heterocycles. The molecule has 0 rings (SSSR count). The van der Waals surface area contributed by atoms with E-state index < -0.39 is 40.6 Å². The Morgan fingerprint density at radius 2 is 1.50 bits per heavy atom. The first-order valence-corrected chi connectivity index (χ1v) is 6.92. The van der Waals surface area contributed by atoms with Crippen LogP contribution in [0.1, 0.15) is 13.3 Å². The summed E-state index contributed by atoms with van der Waals surface area (Å²) in [4.78, 5) is 1.60. The monoisotopic (exact) mass is 330 g/mol. The van der Waals surface area contributed by atoms with Crippen molar-refractivity contribution in [2.45, 2.75) is 30.4 Å². The molecule has 0 aromatic carbocycles. The number of hydrogen-bond donors (Lipinski definition) is 1. The topological polar surface area (TPSA) is 49.4 Å². The first kappa shape index (κ1) is 19.4. The van der Waals surface area contributed by atoms with Crippen molar-refractivity contribution in [1.29, 1.82) is 0 Å². The van der Waals surface area contributed by atoms with Crippen molar-refractivity contribution in [2.75, 3.05) is 27.2 Å². The summed E-state index contributed by atoms with van der Waals surface area (Å²) in [5.74, 6) is -11.2. The minimum Gasteiger partial charge on any atom is -0.309 e. The van der Waals surface area contributed by atoms with Crippen molar-refractivity contribution in [3.05, 3.63) is 0 Å². The molecule has 0 spiro atoms. The summed E-state index contributed by atoms with van der Waals surface area (Å²) in [7, 11) is -2.69. The van der Waals surface area contributed by atoms with Crippen LogP contribution in [0, 0.1) is 0 Å². The molecule has 0 heterocycles. The van der Waals surface area contributed by atoms with E-state index in [1.807, 2.05) is 0 Å². The van der Waals surface area contributed by atoms with Crippen molar-refractivity contribution in [3.8, 4) is 0 Å². The molecule has 0 atom stereocenters. The molecule has 0 fully saturated rings. The molecule has 122 valence electrons. The van der Waals surface area contributed by atoms with Crippen molar-refractivity contribution in [3.63, 3.8) is 0 Å². The number of halogens is 6. The Balaban J connectivity index is 5.00. The van der Waals surface area contributed by atoms with Crippen molar-refractivity contribution < 1.29 is 34.8 Å². The van der Waals surface area contributed by atoms with Crippen LogP contribution in [0.25, 0.3) is 0 Å².